The van der Waals surface area contributed by atoms with Crippen molar-refractivity contribution in [1.29, 1.82) is 0 Å². The molecule has 1 N–H and O–H groups in total. The molecule has 0 saturated carbocycles. The van der Waals surface area contributed by atoms with Gasteiger partial charge in [0.1, 0.15) is 17.4 Å². The Morgan fingerprint density at radius 2 is 2.16 bits per heavy atom. The standard InChI is InChI=1S/C26H35FN4O/c1-18(2)24-17-31(13-12-28-24)15-14-30(3)25-7-5-6-19-8-10-21(26(19)29-25)22-16-20(32-4)9-11-23(22)27/h5,7-11,16,18-19,24,28H,6,12-15,17H2,1-4H3. The van der Waals surface area contributed by atoms with E-state index in [2.05, 4.69) is 54.2 Å². The van der Waals surface area contributed by atoms with Gasteiger partial charge in [0.2, 0.25) is 0 Å². The Labute approximate surface area is 191 Å². The first kappa shape index (κ1) is 22.7. The number of nitrogens with zero attached hydrogens (tertiary/aromatic N) is 3. The predicted molar refractivity (Wildman–Crippen MR) is 129 cm³/mol. The summed E-state index contributed by atoms with van der Waals surface area (Å²) in [6.45, 7) is 9.68. The zero-order valence-electron chi connectivity index (χ0n) is 19.6. The molecular formula is C26H35FN4O. The van der Waals surface area contributed by atoms with Crippen LogP contribution in [0.25, 0.3) is 5.57 Å². The summed E-state index contributed by atoms with van der Waals surface area (Å²) in [7, 11) is 3.70. The average Bonchev–Trinajstić information content (AvgIpc) is 3.06. The fraction of sp³-hybridized carbons (Fsp3) is 0.500. The zero-order valence-corrected chi connectivity index (χ0v) is 19.6. The Bertz CT molecular complexity index is 949. The minimum Gasteiger partial charge on any atom is -0.497 e. The second kappa shape index (κ2) is 10.0. The van der Waals surface area contributed by atoms with Gasteiger partial charge in [-0.3, -0.25) is 4.90 Å². The van der Waals surface area contributed by atoms with E-state index in [1.165, 1.54) is 6.07 Å². The van der Waals surface area contributed by atoms with E-state index in [4.69, 9.17) is 9.73 Å². The van der Waals surface area contributed by atoms with Crippen molar-refractivity contribution in [2.75, 3.05) is 46.9 Å². The number of allylic oxidation sites excluding steroid dienone is 4. The van der Waals surface area contributed by atoms with Crippen LogP contribution in [-0.4, -0.2) is 68.6 Å². The van der Waals surface area contributed by atoms with Crippen molar-refractivity contribution >= 4 is 11.4 Å². The molecule has 1 saturated heterocycles. The molecule has 1 aliphatic carbocycles. The summed E-state index contributed by atoms with van der Waals surface area (Å²) >= 11 is 0. The molecule has 3 aliphatic rings. The monoisotopic (exact) mass is 438 g/mol. The number of aliphatic imine (C=N–C) groups is 1. The highest BCUT2D eigenvalue weighted by atomic mass is 19.1. The minimum atomic E-state index is -0.251. The second-order valence-corrected chi connectivity index (χ2v) is 9.25. The normalized spacial score (nSPS) is 23.4. The fourth-order valence-corrected chi connectivity index (χ4v) is 4.58. The smallest absolute Gasteiger partial charge is 0.131 e. The number of ether oxygens (including phenoxy) is 1. The van der Waals surface area contributed by atoms with Crippen LogP contribution >= 0.6 is 0 Å². The second-order valence-electron chi connectivity index (χ2n) is 9.25. The lowest BCUT2D eigenvalue weighted by molar-refractivity contribution is 0.168. The van der Waals surface area contributed by atoms with E-state index in [9.17, 15) is 4.39 Å². The lowest BCUT2D eigenvalue weighted by Crippen LogP contribution is -2.54. The first-order chi connectivity index (χ1) is 15.5. The first-order valence-electron chi connectivity index (χ1n) is 11.6. The van der Waals surface area contributed by atoms with Crippen LogP contribution in [0.2, 0.25) is 0 Å². The lowest BCUT2D eigenvalue weighted by atomic mass is 10.0. The van der Waals surface area contributed by atoms with Gasteiger partial charge in [-0.25, -0.2) is 9.38 Å². The third-order valence-electron chi connectivity index (χ3n) is 6.71. The largest absolute Gasteiger partial charge is 0.497 e. The van der Waals surface area contributed by atoms with Gasteiger partial charge in [-0.2, -0.15) is 0 Å². The van der Waals surface area contributed by atoms with Crippen molar-refractivity contribution in [3.8, 4) is 5.75 Å². The Morgan fingerprint density at radius 1 is 1.31 bits per heavy atom. The van der Waals surface area contributed by atoms with E-state index in [0.29, 0.717) is 23.3 Å². The number of halogens is 1. The molecule has 1 aromatic rings. The van der Waals surface area contributed by atoms with Crippen molar-refractivity contribution in [3.63, 3.8) is 0 Å². The van der Waals surface area contributed by atoms with Crippen LogP contribution < -0.4 is 10.1 Å². The number of rotatable bonds is 6. The van der Waals surface area contributed by atoms with Crippen molar-refractivity contribution in [1.82, 2.24) is 15.1 Å². The van der Waals surface area contributed by atoms with Gasteiger partial charge in [0.15, 0.2) is 0 Å². The number of hydrogen-bond acceptors (Lipinski definition) is 5. The quantitative estimate of drug-likeness (QED) is 0.730. The van der Waals surface area contributed by atoms with Crippen LogP contribution in [0.15, 0.2) is 53.2 Å². The van der Waals surface area contributed by atoms with Crippen molar-refractivity contribution < 1.29 is 9.13 Å². The molecule has 1 aromatic carbocycles. The number of likely N-dealkylation sites (N-methyl/N-ethyl adjacent to an activating group) is 1. The van der Waals surface area contributed by atoms with E-state index in [0.717, 1.165) is 56.3 Å². The first-order valence-corrected chi connectivity index (χ1v) is 11.6. The van der Waals surface area contributed by atoms with Gasteiger partial charge in [0.25, 0.3) is 0 Å². The lowest BCUT2D eigenvalue weighted by Gasteiger charge is -2.36. The maximum Gasteiger partial charge on any atom is 0.131 e. The number of methoxy groups -OCH3 is 1. The SMILES string of the molecule is COc1ccc(F)c(C2=C3N=C(N(C)CCN4CCNC(C(C)C)C4)C=CCC3C=C2)c1. The Hall–Kier alpha value is -2.44. The van der Waals surface area contributed by atoms with Crippen molar-refractivity contribution in [2.24, 2.45) is 16.8 Å². The van der Waals surface area contributed by atoms with E-state index in [1.807, 2.05) is 6.08 Å². The highest BCUT2D eigenvalue weighted by Crippen LogP contribution is 2.38. The molecular weight excluding hydrogens is 403 g/mol. The number of piperazine rings is 1. The summed E-state index contributed by atoms with van der Waals surface area (Å²) in [5, 5.41) is 3.62. The summed E-state index contributed by atoms with van der Waals surface area (Å²) in [4.78, 5) is 9.79. The van der Waals surface area contributed by atoms with E-state index in [-0.39, 0.29) is 11.7 Å². The number of benzene rings is 1. The van der Waals surface area contributed by atoms with E-state index in [1.54, 1.807) is 19.2 Å². The summed E-state index contributed by atoms with van der Waals surface area (Å²) in [6.07, 6.45) is 9.29. The zero-order chi connectivity index (χ0) is 22.7. The molecule has 32 heavy (non-hydrogen) atoms. The fourth-order valence-electron chi connectivity index (χ4n) is 4.58. The molecule has 5 nitrogen and oxygen atoms in total. The maximum absolute atomic E-state index is 14.7. The number of hydrogen-bond donors (Lipinski definition) is 1. The summed E-state index contributed by atoms with van der Waals surface area (Å²) in [5.74, 6) is 2.15. The van der Waals surface area contributed by atoms with Crippen LogP contribution in [0.1, 0.15) is 25.8 Å². The van der Waals surface area contributed by atoms with Gasteiger partial charge < -0.3 is 15.0 Å². The van der Waals surface area contributed by atoms with Gasteiger partial charge in [0, 0.05) is 62.9 Å². The molecule has 2 atom stereocenters. The number of nitrogens with one attached hydrogen (secondary N) is 1. The van der Waals surface area contributed by atoms with Gasteiger partial charge in [0.05, 0.1) is 12.8 Å². The molecule has 1 fully saturated rings. The van der Waals surface area contributed by atoms with Gasteiger partial charge in [-0.05, 0) is 36.6 Å². The average molecular weight is 439 g/mol. The van der Waals surface area contributed by atoms with Crippen molar-refractivity contribution in [2.45, 2.75) is 26.3 Å². The molecule has 0 aromatic heterocycles. The third kappa shape index (κ3) is 4.97. The third-order valence-corrected chi connectivity index (χ3v) is 6.71. The van der Waals surface area contributed by atoms with E-state index < -0.39 is 0 Å². The summed E-state index contributed by atoms with van der Waals surface area (Å²) in [6, 6.07) is 5.43. The maximum atomic E-state index is 14.7. The molecule has 2 heterocycles. The topological polar surface area (TPSA) is 40.1 Å². The minimum absolute atomic E-state index is 0.178. The molecule has 2 unspecified atom stereocenters. The van der Waals surface area contributed by atoms with Crippen LogP contribution in [0, 0.1) is 17.7 Å². The molecule has 4 rings (SSSR count). The predicted octanol–water partition coefficient (Wildman–Crippen LogP) is 3.95. The Kier molecular flexibility index (Phi) is 7.11. The van der Waals surface area contributed by atoms with Gasteiger partial charge in [-0.15, -0.1) is 0 Å². The summed E-state index contributed by atoms with van der Waals surface area (Å²) < 4.78 is 20.0. The molecule has 0 radical (unpaired) electrons. The molecule has 172 valence electrons. The molecule has 2 aliphatic heterocycles. The van der Waals surface area contributed by atoms with Crippen molar-refractivity contribution in [3.05, 3.63) is 59.6 Å². The number of amidine groups is 1. The molecule has 0 spiro atoms. The van der Waals surface area contributed by atoms with Crippen LogP contribution in [-0.2, 0) is 0 Å². The molecule has 0 amide bonds. The van der Waals surface area contributed by atoms with E-state index >= 15 is 0 Å². The Morgan fingerprint density at radius 3 is 2.94 bits per heavy atom. The van der Waals surface area contributed by atoms with Crippen LogP contribution in [0.3, 0.4) is 0 Å². The van der Waals surface area contributed by atoms with Gasteiger partial charge >= 0.3 is 0 Å². The summed E-state index contributed by atoms with van der Waals surface area (Å²) in [5.41, 5.74) is 2.33. The highest BCUT2D eigenvalue weighted by Gasteiger charge is 2.26. The van der Waals surface area contributed by atoms with Gasteiger partial charge in [-0.1, -0.05) is 32.1 Å². The molecule has 6 heteroatoms. The Balaban J connectivity index is 1.52. The van der Waals surface area contributed by atoms with Crippen LogP contribution in [0.4, 0.5) is 4.39 Å². The number of fused-ring (bicyclic) bond motifs is 1. The van der Waals surface area contributed by atoms with Crippen LogP contribution in [0.5, 0.6) is 5.75 Å². The molecule has 0 bridgehead atoms. The highest BCUT2D eigenvalue weighted by molar-refractivity contribution is 5.95.